The third-order valence-electron chi connectivity index (χ3n) is 4.04. The van der Waals surface area contributed by atoms with Crippen LogP contribution in [0, 0.1) is 6.92 Å². The Morgan fingerprint density at radius 2 is 1.88 bits per heavy atom. The number of carbonyl (C=O) groups is 1. The predicted octanol–water partition coefficient (Wildman–Crippen LogP) is 4.06. The van der Waals surface area contributed by atoms with E-state index < -0.39 is 0 Å². The van der Waals surface area contributed by atoms with Gasteiger partial charge in [-0.1, -0.05) is 42.5 Å². The van der Waals surface area contributed by atoms with E-state index >= 15 is 0 Å². The summed E-state index contributed by atoms with van der Waals surface area (Å²) in [5, 5.41) is 3.17. The Kier molecular flexibility index (Phi) is 5.59. The van der Waals surface area contributed by atoms with Gasteiger partial charge in [-0.25, -0.2) is 9.97 Å². The molecule has 0 spiro atoms. The topological polar surface area (TPSA) is 58.1 Å². The summed E-state index contributed by atoms with van der Waals surface area (Å²) in [7, 11) is 0. The van der Waals surface area contributed by atoms with Crippen LogP contribution in [0.5, 0.6) is 0 Å². The largest absolute Gasteiger partial charge is 0.350 e. The Hall–Kier alpha value is -3.21. The van der Waals surface area contributed by atoms with Crippen molar-refractivity contribution in [2.45, 2.75) is 20.4 Å². The zero-order valence-electron chi connectivity index (χ0n) is 15.0. The number of amides is 1. The minimum Gasteiger partial charge on any atom is -0.350 e. The van der Waals surface area contributed by atoms with Crippen LogP contribution in [-0.4, -0.2) is 22.4 Å². The summed E-state index contributed by atoms with van der Waals surface area (Å²) >= 11 is 0. The lowest BCUT2D eigenvalue weighted by molar-refractivity contribution is 0.0983. The SMILES string of the molecule is CCN(C(=O)c1ccnc(NCc2ccccc2)n1)c1cccc(C)c1. The van der Waals surface area contributed by atoms with Crippen LogP contribution in [0.2, 0.25) is 0 Å². The van der Waals surface area contributed by atoms with E-state index in [1.807, 2.05) is 68.4 Å². The number of nitrogens with one attached hydrogen (secondary N) is 1. The maximum absolute atomic E-state index is 12.9. The highest BCUT2D eigenvalue weighted by molar-refractivity contribution is 6.04. The lowest BCUT2D eigenvalue weighted by atomic mass is 10.2. The summed E-state index contributed by atoms with van der Waals surface area (Å²) in [6.07, 6.45) is 1.61. The lowest BCUT2D eigenvalue weighted by Crippen LogP contribution is -2.31. The van der Waals surface area contributed by atoms with Crippen molar-refractivity contribution in [3.05, 3.63) is 83.7 Å². The molecule has 3 rings (SSSR count). The molecular weight excluding hydrogens is 324 g/mol. The first-order valence-electron chi connectivity index (χ1n) is 8.66. The van der Waals surface area contributed by atoms with Gasteiger partial charge in [0.05, 0.1) is 0 Å². The summed E-state index contributed by atoms with van der Waals surface area (Å²) in [5.74, 6) is 0.309. The van der Waals surface area contributed by atoms with E-state index in [1.54, 1.807) is 17.2 Å². The molecule has 1 aromatic heterocycles. The second kappa shape index (κ2) is 8.25. The molecule has 0 saturated carbocycles. The van der Waals surface area contributed by atoms with E-state index in [-0.39, 0.29) is 5.91 Å². The number of rotatable bonds is 6. The fourth-order valence-corrected chi connectivity index (χ4v) is 2.72. The number of hydrogen-bond acceptors (Lipinski definition) is 4. The molecule has 1 amide bonds. The van der Waals surface area contributed by atoms with Crippen molar-refractivity contribution < 1.29 is 4.79 Å². The van der Waals surface area contributed by atoms with Gasteiger partial charge in [-0.2, -0.15) is 0 Å². The second-order valence-corrected chi connectivity index (χ2v) is 5.99. The van der Waals surface area contributed by atoms with E-state index in [0.29, 0.717) is 24.7 Å². The highest BCUT2D eigenvalue weighted by Crippen LogP contribution is 2.18. The molecule has 0 radical (unpaired) electrons. The average molecular weight is 346 g/mol. The van der Waals surface area contributed by atoms with Crippen molar-refractivity contribution in [3.8, 4) is 0 Å². The summed E-state index contributed by atoms with van der Waals surface area (Å²) in [5.41, 5.74) is 3.48. The quantitative estimate of drug-likeness (QED) is 0.731. The van der Waals surface area contributed by atoms with Gasteiger partial charge in [0.2, 0.25) is 5.95 Å². The van der Waals surface area contributed by atoms with Crippen LogP contribution in [0.1, 0.15) is 28.5 Å². The molecular formula is C21H22N4O. The van der Waals surface area contributed by atoms with Crippen molar-refractivity contribution in [3.63, 3.8) is 0 Å². The van der Waals surface area contributed by atoms with Gasteiger partial charge in [-0.05, 0) is 43.2 Å². The predicted molar refractivity (Wildman–Crippen MR) is 104 cm³/mol. The van der Waals surface area contributed by atoms with Crippen molar-refractivity contribution in [2.24, 2.45) is 0 Å². The zero-order valence-corrected chi connectivity index (χ0v) is 15.0. The molecule has 3 aromatic rings. The molecule has 0 fully saturated rings. The van der Waals surface area contributed by atoms with Crippen LogP contribution in [0.3, 0.4) is 0 Å². The molecule has 0 atom stereocenters. The number of anilines is 2. The van der Waals surface area contributed by atoms with Gasteiger partial charge in [0.15, 0.2) is 0 Å². The van der Waals surface area contributed by atoms with E-state index in [0.717, 1.165) is 16.8 Å². The minimum atomic E-state index is -0.136. The monoisotopic (exact) mass is 346 g/mol. The average Bonchev–Trinajstić information content (AvgIpc) is 2.68. The number of hydrogen-bond donors (Lipinski definition) is 1. The summed E-state index contributed by atoms with van der Waals surface area (Å²) < 4.78 is 0. The van der Waals surface area contributed by atoms with Crippen LogP contribution in [-0.2, 0) is 6.54 Å². The standard InChI is InChI=1S/C21H22N4O/c1-3-25(18-11-7-8-16(2)14-18)20(26)19-12-13-22-21(24-19)23-15-17-9-5-4-6-10-17/h4-14H,3,15H2,1-2H3,(H,22,23,24). The molecule has 26 heavy (non-hydrogen) atoms. The smallest absolute Gasteiger partial charge is 0.277 e. The summed E-state index contributed by atoms with van der Waals surface area (Å²) in [6.45, 7) is 5.14. The lowest BCUT2D eigenvalue weighted by Gasteiger charge is -2.21. The van der Waals surface area contributed by atoms with Gasteiger partial charge in [0, 0.05) is 25.0 Å². The number of aromatic nitrogens is 2. The van der Waals surface area contributed by atoms with E-state index in [1.165, 1.54) is 0 Å². The Bertz CT molecular complexity index is 880. The molecule has 132 valence electrons. The van der Waals surface area contributed by atoms with Crippen molar-refractivity contribution in [1.29, 1.82) is 0 Å². The van der Waals surface area contributed by atoms with Crippen LogP contribution in [0.25, 0.3) is 0 Å². The van der Waals surface area contributed by atoms with Gasteiger partial charge < -0.3 is 10.2 Å². The molecule has 1 heterocycles. The molecule has 2 aromatic carbocycles. The second-order valence-electron chi connectivity index (χ2n) is 5.99. The van der Waals surface area contributed by atoms with Gasteiger partial charge in [-0.3, -0.25) is 4.79 Å². The fourth-order valence-electron chi connectivity index (χ4n) is 2.72. The Morgan fingerprint density at radius 1 is 1.08 bits per heavy atom. The number of nitrogens with zero attached hydrogens (tertiary/aromatic N) is 3. The van der Waals surface area contributed by atoms with Crippen molar-refractivity contribution >= 4 is 17.5 Å². The minimum absolute atomic E-state index is 0.136. The van der Waals surface area contributed by atoms with Gasteiger partial charge >= 0.3 is 0 Å². The van der Waals surface area contributed by atoms with Crippen molar-refractivity contribution in [1.82, 2.24) is 9.97 Å². The first kappa shape index (κ1) is 17.6. The molecule has 5 heteroatoms. The fraction of sp³-hybridized carbons (Fsp3) is 0.190. The van der Waals surface area contributed by atoms with E-state index in [4.69, 9.17) is 0 Å². The van der Waals surface area contributed by atoms with Crippen LogP contribution in [0.15, 0.2) is 66.9 Å². The first-order chi connectivity index (χ1) is 12.7. The first-order valence-corrected chi connectivity index (χ1v) is 8.66. The molecule has 5 nitrogen and oxygen atoms in total. The molecule has 0 aliphatic rings. The Labute approximate surface area is 153 Å². The zero-order chi connectivity index (χ0) is 18.4. The third kappa shape index (κ3) is 4.25. The number of carbonyl (C=O) groups excluding carboxylic acids is 1. The van der Waals surface area contributed by atoms with Gasteiger partial charge in [0.1, 0.15) is 5.69 Å². The van der Waals surface area contributed by atoms with Crippen LogP contribution < -0.4 is 10.2 Å². The number of benzene rings is 2. The summed E-state index contributed by atoms with van der Waals surface area (Å²) in [4.78, 5) is 23.2. The molecule has 0 unspecified atom stereocenters. The van der Waals surface area contributed by atoms with E-state index in [2.05, 4.69) is 15.3 Å². The highest BCUT2D eigenvalue weighted by Gasteiger charge is 2.18. The molecule has 0 bridgehead atoms. The van der Waals surface area contributed by atoms with E-state index in [9.17, 15) is 4.79 Å². The molecule has 0 aliphatic heterocycles. The van der Waals surface area contributed by atoms with Crippen LogP contribution in [0.4, 0.5) is 11.6 Å². The maximum atomic E-state index is 12.9. The van der Waals surface area contributed by atoms with Gasteiger partial charge in [0.25, 0.3) is 5.91 Å². The Balaban J connectivity index is 1.76. The van der Waals surface area contributed by atoms with Gasteiger partial charge in [-0.15, -0.1) is 0 Å². The molecule has 0 saturated heterocycles. The maximum Gasteiger partial charge on any atom is 0.277 e. The van der Waals surface area contributed by atoms with Crippen LogP contribution >= 0.6 is 0 Å². The Morgan fingerprint density at radius 3 is 2.62 bits per heavy atom. The van der Waals surface area contributed by atoms with Crippen molar-refractivity contribution in [2.75, 3.05) is 16.8 Å². The third-order valence-corrected chi connectivity index (χ3v) is 4.04. The highest BCUT2D eigenvalue weighted by atomic mass is 16.2. The number of aryl methyl sites for hydroxylation is 1. The normalized spacial score (nSPS) is 10.4. The molecule has 1 N–H and O–H groups in total. The molecule has 0 aliphatic carbocycles. The summed E-state index contributed by atoms with van der Waals surface area (Å²) in [6, 6.07) is 19.5.